The lowest BCUT2D eigenvalue weighted by Crippen LogP contribution is -2.56. The standard InChI is InChI=1S/C37H57N3O4/c1-11-34(8,18-21-37(19-16-32(4,5)17-20-37)15-13-30(43)40-39-26(3)42)36(10)14-12-28-33(6,7)31(44)27(24-38)23-35(28,9)29(36)22-25(2)41/h22-23,28H,11-21H2,1-10H3,(H,39,42)(H,40,43)/b29-22-/t28-,34-,35-,36+/m0/s1. The summed E-state index contributed by atoms with van der Waals surface area (Å²) in [7, 11) is 0. The molecule has 2 amide bonds. The molecule has 7 heteroatoms. The minimum Gasteiger partial charge on any atom is -0.295 e. The molecule has 2 saturated carbocycles. The number of hydrogen-bond acceptors (Lipinski definition) is 5. The van der Waals surface area contributed by atoms with Gasteiger partial charge in [-0.3, -0.25) is 30.0 Å². The van der Waals surface area contributed by atoms with Gasteiger partial charge >= 0.3 is 0 Å². The number of Topliss-reactive ketones (excluding diaryl/α,β-unsaturated/α-hetero) is 1. The summed E-state index contributed by atoms with van der Waals surface area (Å²) in [6.07, 6.45) is 13.7. The Hall–Kier alpha value is -2.75. The molecule has 3 aliphatic carbocycles. The van der Waals surface area contributed by atoms with Crippen molar-refractivity contribution in [3.8, 4) is 6.07 Å². The van der Waals surface area contributed by atoms with E-state index in [1.54, 1.807) is 6.92 Å². The second kappa shape index (κ2) is 12.6. The van der Waals surface area contributed by atoms with Crippen LogP contribution in [0.3, 0.4) is 0 Å². The summed E-state index contributed by atoms with van der Waals surface area (Å²) in [5.74, 6) is -0.573. The van der Waals surface area contributed by atoms with Crippen molar-refractivity contribution in [2.24, 2.45) is 38.4 Å². The molecule has 4 atom stereocenters. The van der Waals surface area contributed by atoms with Crippen LogP contribution < -0.4 is 10.9 Å². The van der Waals surface area contributed by atoms with Crippen molar-refractivity contribution in [3.63, 3.8) is 0 Å². The van der Waals surface area contributed by atoms with E-state index in [9.17, 15) is 24.4 Å². The maximum absolute atomic E-state index is 13.3. The predicted molar refractivity (Wildman–Crippen MR) is 174 cm³/mol. The first-order chi connectivity index (χ1) is 20.2. The highest BCUT2D eigenvalue weighted by molar-refractivity contribution is 6.04. The van der Waals surface area contributed by atoms with Gasteiger partial charge < -0.3 is 0 Å². The van der Waals surface area contributed by atoms with Crippen molar-refractivity contribution in [1.29, 1.82) is 5.26 Å². The monoisotopic (exact) mass is 607 g/mol. The number of hydrazine groups is 1. The Kier molecular flexibility index (Phi) is 10.2. The van der Waals surface area contributed by atoms with E-state index < -0.39 is 10.8 Å². The second-order valence-corrected chi connectivity index (χ2v) is 16.4. The summed E-state index contributed by atoms with van der Waals surface area (Å²) in [5, 5.41) is 9.97. The average molecular weight is 608 g/mol. The lowest BCUT2D eigenvalue weighted by molar-refractivity contribution is -0.131. The SMILES string of the molecule is CC[C@@](C)(CCC1(CCC(=O)NNC(C)=O)CCC(C)(C)CC1)[C@]1(C)CC[C@H]2C(C)(C)C(=O)C(C#N)=C[C@]2(C)/C1=C/C(C)=O. The van der Waals surface area contributed by atoms with Crippen LogP contribution in [0.15, 0.2) is 23.3 Å². The van der Waals surface area contributed by atoms with Crippen LogP contribution in [0.4, 0.5) is 0 Å². The summed E-state index contributed by atoms with van der Waals surface area (Å²) in [6, 6.07) is 2.18. The zero-order valence-corrected chi connectivity index (χ0v) is 29.1. The van der Waals surface area contributed by atoms with Gasteiger partial charge in [-0.2, -0.15) is 5.26 Å². The van der Waals surface area contributed by atoms with Crippen LogP contribution in [-0.2, 0) is 19.2 Å². The fourth-order valence-electron chi connectivity index (χ4n) is 9.10. The van der Waals surface area contributed by atoms with E-state index in [1.807, 2.05) is 26.0 Å². The van der Waals surface area contributed by atoms with Crippen LogP contribution in [0.2, 0.25) is 0 Å². The largest absolute Gasteiger partial charge is 0.295 e. The highest BCUT2D eigenvalue weighted by atomic mass is 16.2. The third kappa shape index (κ3) is 6.75. The first kappa shape index (κ1) is 35.7. The zero-order valence-electron chi connectivity index (χ0n) is 29.1. The Morgan fingerprint density at radius 1 is 1.00 bits per heavy atom. The summed E-state index contributed by atoms with van der Waals surface area (Å²) in [4.78, 5) is 50.2. The maximum Gasteiger partial charge on any atom is 0.238 e. The molecule has 2 fully saturated rings. The zero-order chi connectivity index (χ0) is 33.4. The molecule has 44 heavy (non-hydrogen) atoms. The highest BCUT2D eigenvalue weighted by Crippen LogP contribution is 2.68. The molecular formula is C37H57N3O4. The molecule has 0 heterocycles. The molecule has 0 spiro atoms. The van der Waals surface area contributed by atoms with E-state index in [0.29, 0.717) is 6.42 Å². The van der Waals surface area contributed by atoms with Gasteiger partial charge in [-0.05, 0) is 105 Å². The molecule has 0 aromatic rings. The number of nitrogens with one attached hydrogen (secondary N) is 2. The van der Waals surface area contributed by atoms with Crippen LogP contribution in [0.5, 0.6) is 0 Å². The average Bonchev–Trinajstić information content (AvgIpc) is 2.94. The third-order valence-corrected chi connectivity index (χ3v) is 12.7. The smallest absolute Gasteiger partial charge is 0.238 e. The van der Waals surface area contributed by atoms with Crippen molar-refractivity contribution < 1.29 is 19.2 Å². The van der Waals surface area contributed by atoms with Gasteiger partial charge in [0, 0.05) is 24.2 Å². The van der Waals surface area contributed by atoms with Crippen molar-refractivity contribution in [2.45, 2.75) is 140 Å². The van der Waals surface area contributed by atoms with Crippen molar-refractivity contribution in [3.05, 3.63) is 23.3 Å². The lowest BCUT2D eigenvalue weighted by Gasteiger charge is -2.62. The molecular weight excluding hydrogens is 550 g/mol. The fraction of sp³-hybridized carbons (Fsp3) is 0.757. The van der Waals surface area contributed by atoms with Crippen molar-refractivity contribution in [2.75, 3.05) is 0 Å². The first-order valence-corrected chi connectivity index (χ1v) is 16.7. The Morgan fingerprint density at radius 2 is 1.61 bits per heavy atom. The second-order valence-electron chi connectivity index (χ2n) is 16.4. The van der Waals surface area contributed by atoms with Gasteiger partial charge in [0.25, 0.3) is 0 Å². The number of ketones is 2. The third-order valence-electron chi connectivity index (χ3n) is 12.7. The summed E-state index contributed by atoms with van der Waals surface area (Å²) >= 11 is 0. The molecule has 3 rings (SSSR count). The summed E-state index contributed by atoms with van der Waals surface area (Å²) in [5.41, 5.74) is 4.73. The molecule has 0 aliphatic heterocycles. The Bertz CT molecular complexity index is 1270. The van der Waals surface area contributed by atoms with Gasteiger partial charge in [-0.25, -0.2) is 0 Å². The van der Waals surface area contributed by atoms with Crippen molar-refractivity contribution in [1.82, 2.24) is 10.9 Å². The number of nitriles is 1. The number of hydrogen-bond donors (Lipinski definition) is 2. The quantitative estimate of drug-likeness (QED) is 0.206. The molecule has 2 N–H and O–H groups in total. The Morgan fingerprint density at radius 3 is 2.14 bits per heavy atom. The number of allylic oxidation sites excluding steroid dienone is 4. The number of rotatable bonds is 9. The van der Waals surface area contributed by atoms with Gasteiger partial charge in [0.2, 0.25) is 11.8 Å². The molecule has 0 aromatic heterocycles. The van der Waals surface area contributed by atoms with Gasteiger partial charge in [-0.15, -0.1) is 0 Å². The van der Waals surface area contributed by atoms with Crippen LogP contribution in [0.25, 0.3) is 0 Å². The highest BCUT2D eigenvalue weighted by Gasteiger charge is 2.61. The predicted octanol–water partition coefficient (Wildman–Crippen LogP) is 7.71. The van der Waals surface area contributed by atoms with Gasteiger partial charge in [-0.1, -0.05) is 67.0 Å². The van der Waals surface area contributed by atoms with Gasteiger partial charge in [0.15, 0.2) is 11.6 Å². The molecule has 244 valence electrons. The molecule has 0 aromatic carbocycles. The van der Waals surface area contributed by atoms with Gasteiger partial charge in [0.1, 0.15) is 6.07 Å². The van der Waals surface area contributed by atoms with E-state index in [2.05, 4.69) is 58.5 Å². The number of amides is 2. The van der Waals surface area contributed by atoms with Crippen LogP contribution >= 0.6 is 0 Å². The van der Waals surface area contributed by atoms with E-state index in [-0.39, 0.29) is 56.5 Å². The number of nitrogens with zero attached hydrogens (tertiary/aromatic N) is 1. The van der Waals surface area contributed by atoms with E-state index in [0.717, 1.165) is 69.8 Å². The molecule has 3 aliphatic rings. The Balaban J connectivity index is 2.01. The lowest BCUT2D eigenvalue weighted by atomic mass is 9.41. The van der Waals surface area contributed by atoms with Crippen LogP contribution in [-0.4, -0.2) is 23.4 Å². The minimum absolute atomic E-state index is 0.00609. The molecule has 0 radical (unpaired) electrons. The molecule has 0 bridgehead atoms. The number of fused-ring (bicyclic) bond motifs is 1. The molecule has 0 unspecified atom stereocenters. The normalized spacial score (nSPS) is 31.1. The first-order valence-electron chi connectivity index (χ1n) is 16.7. The number of carbonyl (C=O) groups is 4. The fourth-order valence-corrected chi connectivity index (χ4v) is 9.10. The number of carbonyl (C=O) groups excluding carboxylic acids is 4. The maximum atomic E-state index is 13.3. The molecule has 0 saturated heterocycles. The van der Waals surface area contributed by atoms with Crippen LogP contribution in [0, 0.1) is 49.7 Å². The van der Waals surface area contributed by atoms with E-state index >= 15 is 0 Å². The summed E-state index contributed by atoms with van der Waals surface area (Å²) < 4.78 is 0. The van der Waals surface area contributed by atoms with Gasteiger partial charge in [0.05, 0.1) is 5.57 Å². The summed E-state index contributed by atoms with van der Waals surface area (Å²) in [6.45, 7) is 20.6. The van der Waals surface area contributed by atoms with E-state index in [1.165, 1.54) is 6.92 Å². The minimum atomic E-state index is -0.703. The van der Waals surface area contributed by atoms with Crippen molar-refractivity contribution >= 4 is 23.4 Å². The molecule has 7 nitrogen and oxygen atoms in total. The topological polar surface area (TPSA) is 116 Å². The van der Waals surface area contributed by atoms with E-state index in [4.69, 9.17) is 0 Å². The Labute approximate surface area is 266 Å². The van der Waals surface area contributed by atoms with Crippen LogP contribution in [0.1, 0.15) is 140 Å².